The molecule has 0 bridgehead atoms. The summed E-state index contributed by atoms with van der Waals surface area (Å²) in [5.41, 5.74) is 1.13. The van der Waals surface area contributed by atoms with Crippen molar-refractivity contribution in [3.05, 3.63) is 36.5 Å². The second-order valence-corrected chi connectivity index (χ2v) is 5.61. The van der Waals surface area contributed by atoms with Gasteiger partial charge in [0.15, 0.2) is 5.13 Å². The van der Waals surface area contributed by atoms with Gasteiger partial charge in [0.25, 0.3) is 0 Å². The maximum atomic E-state index is 12.0. The Morgan fingerprint density at radius 3 is 2.95 bits per heavy atom. The molecule has 0 aliphatic carbocycles. The highest BCUT2D eigenvalue weighted by molar-refractivity contribution is 7.19. The average molecular weight is 273 g/mol. The van der Waals surface area contributed by atoms with Gasteiger partial charge in [-0.2, -0.15) is 0 Å². The van der Waals surface area contributed by atoms with Gasteiger partial charge in [-0.25, -0.2) is 4.98 Å². The van der Waals surface area contributed by atoms with Crippen LogP contribution in [0.1, 0.15) is 6.42 Å². The largest absolute Gasteiger partial charge is 0.316 e. The minimum absolute atomic E-state index is 0.0685. The van der Waals surface area contributed by atoms with E-state index >= 15 is 0 Å². The fourth-order valence-electron chi connectivity index (χ4n) is 2.15. The van der Waals surface area contributed by atoms with Gasteiger partial charge in [0.1, 0.15) is 0 Å². The first-order valence-corrected chi connectivity index (χ1v) is 7.17. The fraction of sp³-hybridized carbons (Fsp3) is 0.286. The van der Waals surface area contributed by atoms with Gasteiger partial charge in [0, 0.05) is 12.7 Å². The topological polar surface area (TPSA) is 54.0 Å². The molecule has 98 valence electrons. The molecule has 4 nitrogen and oxygen atoms in total. The zero-order valence-electron chi connectivity index (χ0n) is 10.4. The maximum absolute atomic E-state index is 12.0. The number of carbonyl (C=O) groups is 1. The number of benzene rings is 1. The predicted octanol–water partition coefficient (Wildman–Crippen LogP) is 2.36. The number of nitrogens with one attached hydrogen (secondary N) is 2. The van der Waals surface area contributed by atoms with Gasteiger partial charge < -0.3 is 10.6 Å². The highest BCUT2D eigenvalue weighted by Gasteiger charge is 2.23. The van der Waals surface area contributed by atoms with Crippen molar-refractivity contribution >= 4 is 22.4 Å². The minimum atomic E-state index is 0.0685. The van der Waals surface area contributed by atoms with Gasteiger partial charge in [-0.05, 0) is 18.5 Å². The molecule has 1 aliphatic heterocycles. The van der Waals surface area contributed by atoms with Crippen LogP contribution in [0.15, 0.2) is 36.5 Å². The Morgan fingerprint density at radius 1 is 1.37 bits per heavy atom. The molecule has 1 aromatic heterocycles. The number of carbonyl (C=O) groups excluding carboxylic acids is 1. The molecular formula is C14H15N3OS. The third-order valence-electron chi connectivity index (χ3n) is 3.23. The smallest absolute Gasteiger partial charge is 0.230 e. The summed E-state index contributed by atoms with van der Waals surface area (Å²) in [7, 11) is 0. The standard InChI is InChI=1S/C14H15N3OS/c18-13(11-6-7-15-8-11)17-14-16-9-12(19-14)10-4-2-1-3-5-10/h1-5,9,11,15H,6-8H2,(H,16,17,18). The van der Waals surface area contributed by atoms with Crippen LogP contribution >= 0.6 is 11.3 Å². The SMILES string of the molecule is O=C(Nc1ncc(-c2ccccc2)s1)C1CCNC1. The molecule has 0 radical (unpaired) electrons. The van der Waals surface area contributed by atoms with Crippen LogP contribution in [0.4, 0.5) is 5.13 Å². The van der Waals surface area contributed by atoms with Gasteiger partial charge in [-0.3, -0.25) is 4.79 Å². The molecule has 1 unspecified atom stereocenters. The number of rotatable bonds is 3. The molecule has 2 heterocycles. The molecular weight excluding hydrogens is 258 g/mol. The number of hydrogen-bond donors (Lipinski definition) is 2. The van der Waals surface area contributed by atoms with Crippen LogP contribution in [0, 0.1) is 5.92 Å². The summed E-state index contributed by atoms with van der Waals surface area (Å²) in [4.78, 5) is 17.3. The Morgan fingerprint density at radius 2 is 2.21 bits per heavy atom. The molecule has 1 aliphatic rings. The minimum Gasteiger partial charge on any atom is -0.316 e. The van der Waals surface area contributed by atoms with Crippen molar-refractivity contribution in [2.45, 2.75) is 6.42 Å². The fourth-order valence-corrected chi connectivity index (χ4v) is 2.98. The van der Waals surface area contributed by atoms with E-state index in [4.69, 9.17) is 0 Å². The van der Waals surface area contributed by atoms with Crippen LogP contribution < -0.4 is 10.6 Å². The summed E-state index contributed by atoms with van der Waals surface area (Å²) < 4.78 is 0. The number of nitrogens with zero attached hydrogens (tertiary/aromatic N) is 1. The van der Waals surface area contributed by atoms with Crippen molar-refractivity contribution in [1.29, 1.82) is 0 Å². The summed E-state index contributed by atoms with van der Waals surface area (Å²) in [6.07, 6.45) is 2.71. The number of amides is 1. The van der Waals surface area contributed by atoms with Gasteiger partial charge in [-0.1, -0.05) is 41.7 Å². The highest BCUT2D eigenvalue weighted by Crippen LogP contribution is 2.29. The van der Waals surface area contributed by atoms with Crippen LogP contribution in [-0.4, -0.2) is 24.0 Å². The number of thiazole rings is 1. The first kappa shape index (κ1) is 12.3. The van der Waals surface area contributed by atoms with Crippen LogP contribution in [0.3, 0.4) is 0 Å². The normalized spacial score (nSPS) is 18.4. The Kier molecular flexibility index (Phi) is 3.57. The van der Waals surface area contributed by atoms with Gasteiger partial charge >= 0.3 is 0 Å². The van der Waals surface area contributed by atoms with Crippen molar-refractivity contribution in [3.63, 3.8) is 0 Å². The van der Waals surface area contributed by atoms with Crippen molar-refractivity contribution in [2.24, 2.45) is 5.92 Å². The lowest BCUT2D eigenvalue weighted by atomic mass is 10.1. The van der Waals surface area contributed by atoms with Gasteiger partial charge in [0.2, 0.25) is 5.91 Å². The van der Waals surface area contributed by atoms with Crippen molar-refractivity contribution in [1.82, 2.24) is 10.3 Å². The molecule has 1 fully saturated rings. The van der Waals surface area contributed by atoms with E-state index in [2.05, 4.69) is 15.6 Å². The number of aromatic nitrogens is 1. The third kappa shape index (κ3) is 2.83. The van der Waals surface area contributed by atoms with E-state index in [1.54, 1.807) is 0 Å². The van der Waals surface area contributed by atoms with E-state index in [1.807, 2.05) is 36.5 Å². The van der Waals surface area contributed by atoms with E-state index in [9.17, 15) is 4.79 Å². The summed E-state index contributed by atoms with van der Waals surface area (Å²) in [6, 6.07) is 10.1. The lowest BCUT2D eigenvalue weighted by Crippen LogP contribution is -2.24. The molecule has 2 aromatic rings. The molecule has 3 rings (SSSR count). The molecule has 1 saturated heterocycles. The number of anilines is 1. The lowest BCUT2D eigenvalue weighted by Gasteiger charge is -2.06. The van der Waals surface area contributed by atoms with Crippen molar-refractivity contribution < 1.29 is 4.79 Å². The van der Waals surface area contributed by atoms with E-state index in [-0.39, 0.29) is 11.8 Å². The molecule has 2 N–H and O–H groups in total. The number of hydrogen-bond acceptors (Lipinski definition) is 4. The molecule has 1 aromatic carbocycles. The Balaban J connectivity index is 1.70. The first-order chi connectivity index (χ1) is 9.33. The summed E-state index contributed by atoms with van der Waals surface area (Å²) in [5.74, 6) is 0.142. The van der Waals surface area contributed by atoms with Crippen LogP contribution in [0.2, 0.25) is 0 Å². The van der Waals surface area contributed by atoms with Crippen molar-refractivity contribution in [3.8, 4) is 10.4 Å². The molecule has 19 heavy (non-hydrogen) atoms. The quantitative estimate of drug-likeness (QED) is 0.902. The molecule has 1 atom stereocenters. The molecule has 1 amide bonds. The summed E-state index contributed by atoms with van der Waals surface area (Å²) in [6.45, 7) is 1.69. The van der Waals surface area contributed by atoms with E-state index in [0.717, 1.165) is 30.0 Å². The maximum Gasteiger partial charge on any atom is 0.230 e. The first-order valence-electron chi connectivity index (χ1n) is 6.36. The zero-order valence-corrected chi connectivity index (χ0v) is 11.2. The third-order valence-corrected chi connectivity index (χ3v) is 4.19. The molecule has 5 heteroatoms. The Labute approximate surface area is 115 Å². The zero-order chi connectivity index (χ0) is 13.1. The lowest BCUT2D eigenvalue weighted by molar-refractivity contribution is -0.119. The van der Waals surface area contributed by atoms with Gasteiger partial charge in [0.05, 0.1) is 10.8 Å². The van der Waals surface area contributed by atoms with Gasteiger partial charge in [-0.15, -0.1) is 0 Å². The predicted molar refractivity (Wildman–Crippen MR) is 77.2 cm³/mol. The van der Waals surface area contributed by atoms with Crippen LogP contribution in [0.25, 0.3) is 10.4 Å². The van der Waals surface area contributed by atoms with Crippen molar-refractivity contribution in [2.75, 3.05) is 18.4 Å². The summed E-state index contributed by atoms with van der Waals surface area (Å²) in [5, 5.41) is 6.77. The summed E-state index contributed by atoms with van der Waals surface area (Å²) >= 11 is 1.51. The Hall–Kier alpha value is -1.72. The average Bonchev–Trinajstić information content (AvgIpc) is 3.11. The second kappa shape index (κ2) is 5.50. The van der Waals surface area contributed by atoms with Crippen LogP contribution in [0.5, 0.6) is 0 Å². The van der Waals surface area contributed by atoms with E-state index in [0.29, 0.717) is 5.13 Å². The van der Waals surface area contributed by atoms with E-state index < -0.39 is 0 Å². The van der Waals surface area contributed by atoms with Crippen LogP contribution in [-0.2, 0) is 4.79 Å². The molecule has 0 spiro atoms. The second-order valence-electron chi connectivity index (χ2n) is 4.57. The highest BCUT2D eigenvalue weighted by atomic mass is 32.1. The Bertz CT molecular complexity index is 561. The monoisotopic (exact) mass is 273 g/mol. The molecule has 0 saturated carbocycles. The van der Waals surface area contributed by atoms with E-state index in [1.165, 1.54) is 11.3 Å².